The summed E-state index contributed by atoms with van der Waals surface area (Å²) < 4.78 is 0. The Labute approximate surface area is 74.1 Å². The van der Waals surface area contributed by atoms with Crippen molar-refractivity contribution in [1.29, 1.82) is 0 Å². The molecular weight excluding hydrogens is 176 g/mol. The summed E-state index contributed by atoms with van der Waals surface area (Å²) in [4.78, 5) is 18.9. The second-order valence-corrected chi connectivity index (χ2v) is 2.81. The number of nitrogens with zero attached hydrogens (tertiary/aromatic N) is 2. The van der Waals surface area contributed by atoms with Crippen LogP contribution in [0.4, 0.5) is 0 Å². The van der Waals surface area contributed by atoms with E-state index in [0.717, 1.165) is 0 Å². The number of carbonyl (C=O) groups is 1. The number of halogens is 1. The zero-order chi connectivity index (χ0) is 8.55. The molecule has 12 heavy (non-hydrogen) atoms. The van der Waals surface area contributed by atoms with Gasteiger partial charge in [-0.25, -0.2) is 9.97 Å². The Morgan fingerprint density at radius 3 is 3.17 bits per heavy atom. The monoisotopic (exact) mass is 180 g/mol. The topological polar surface area (TPSA) is 42.9 Å². The smallest absolute Gasteiger partial charge is 0.222 e. The summed E-state index contributed by atoms with van der Waals surface area (Å²) in [6, 6.07) is 0. The SMILES string of the molecule is O=C1CC=Cc2nc(Cl)ncc21. The Kier molecular flexibility index (Phi) is 1.66. The lowest BCUT2D eigenvalue weighted by atomic mass is 10.0. The summed E-state index contributed by atoms with van der Waals surface area (Å²) in [7, 11) is 0. The van der Waals surface area contributed by atoms with Gasteiger partial charge >= 0.3 is 0 Å². The minimum Gasteiger partial charge on any atom is -0.294 e. The molecule has 0 saturated heterocycles. The van der Waals surface area contributed by atoms with E-state index in [1.54, 1.807) is 12.2 Å². The van der Waals surface area contributed by atoms with E-state index in [1.807, 2.05) is 0 Å². The van der Waals surface area contributed by atoms with Crippen molar-refractivity contribution in [2.24, 2.45) is 0 Å². The average Bonchev–Trinajstić information content (AvgIpc) is 2.04. The van der Waals surface area contributed by atoms with E-state index in [4.69, 9.17) is 11.6 Å². The minimum absolute atomic E-state index is 0.0455. The third-order valence-electron chi connectivity index (χ3n) is 1.67. The number of hydrogen-bond donors (Lipinski definition) is 0. The largest absolute Gasteiger partial charge is 0.294 e. The second kappa shape index (κ2) is 2.68. The molecule has 2 rings (SSSR count). The maximum Gasteiger partial charge on any atom is 0.222 e. The number of aromatic nitrogens is 2. The molecule has 0 saturated carbocycles. The first-order chi connectivity index (χ1) is 5.77. The molecule has 1 aromatic rings. The standard InChI is InChI=1S/C8H5ClN2O/c9-8-10-4-5-6(11-8)2-1-3-7(5)12/h1-2,4H,3H2. The van der Waals surface area contributed by atoms with Crippen molar-refractivity contribution in [2.45, 2.75) is 6.42 Å². The van der Waals surface area contributed by atoms with Gasteiger partial charge in [0.15, 0.2) is 5.78 Å². The van der Waals surface area contributed by atoms with Crippen LogP contribution in [-0.2, 0) is 0 Å². The van der Waals surface area contributed by atoms with Gasteiger partial charge in [-0.15, -0.1) is 0 Å². The summed E-state index contributed by atoms with van der Waals surface area (Å²) in [5.41, 5.74) is 1.17. The van der Waals surface area contributed by atoms with E-state index in [9.17, 15) is 4.79 Å². The number of carbonyl (C=O) groups excluding carboxylic acids is 1. The third-order valence-corrected chi connectivity index (χ3v) is 1.85. The van der Waals surface area contributed by atoms with Gasteiger partial charge in [-0.3, -0.25) is 4.79 Å². The van der Waals surface area contributed by atoms with Crippen LogP contribution in [0.5, 0.6) is 0 Å². The molecule has 4 heteroatoms. The van der Waals surface area contributed by atoms with Crippen LogP contribution in [0.3, 0.4) is 0 Å². The van der Waals surface area contributed by atoms with Gasteiger partial charge in [-0.05, 0) is 17.7 Å². The Bertz CT molecular complexity index is 373. The number of hydrogen-bond acceptors (Lipinski definition) is 3. The highest BCUT2D eigenvalue weighted by atomic mass is 35.5. The first-order valence-corrected chi connectivity index (χ1v) is 3.87. The van der Waals surface area contributed by atoms with Gasteiger partial charge in [0.25, 0.3) is 0 Å². The third kappa shape index (κ3) is 1.12. The van der Waals surface area contributed by atoms with E-state index < -0.39 is 0 Å². The molecule has 3 nitrogen and oxygen atoms in total. The van der Waals surface area contributed by atoms with Gasteiger partial charge in [-0.2, -0.15) is 0 Å². The molecule has 0 amide bonds. The summed E-state index contributed by atoms with van der Waals surface area (Å²) in [6.07, 6.45) is 5.45. The highest BCUT2D eigenvalue weighted by Gasteiger charge is 2.14. The summed E-state index contributed by atoms with van der Waals surface area (Å²) >= 11 is 5.56. The van der Waals surface area contributed by atoms with Gasteiger partial charge in [-0.1, -0.05) is 6.08 Å². The fourth-order valence-corrected chi connectivity index (χ4v) is 1.24. The van der Waals surface area contributed by atoms with Gasteiger partial charge in [0.1, 0.15) is 0 Å². The highest BCUT2D eigenvalue weighted by molar-refractivity contribution is 6.28. The summed E-state index contributed by atoms with van der Waals surface area (Å²) in [5, 5.41) is 0.174. The van der Waals surface area contributed by atoms with Gasteiger partial charge in [0.2, 0.25) is 5.28 Å². The molecular formula is C8H5ClN2O. The maximum absolute atomic E-state index is 11.2. The molecule has 0 aromatic carbocycles. The van der Waals surface area contributed by atoms with Crippen molar-refractivity contribution < 1.29 is 4.79 Å². The first kappa shape index (κ1) is 7.43. The molecule has 0 fully saturated rings. The van der Waals surface area contributed by atoms with Crippen molar-refractivity contribution in [1.82, 2.24) is 9.97 Å². The van der Waals surface area contributed by atoms with Crippen LogP contribution in [-0.4, -0.2) is 15.8 Å². The molecule has 1 aliphatic carbocycles. The van der Waals surface area contributed by atoms with Crippen LogP contribution >= 0.6 is 11.6 Å². The van der Waals surface area contributed by atoms with Gasteiger partial charge in [0, 0.05) is 12.6 Å². The lowest BCUT2D eigenvalue weighted by Crippen LogP contribution is -2.06. The summed E-state index contributed by atoms with van der Waals surface area (Å²) in [5.74, 6) is 0.0455. The molecule has 0 unspecified atom stereocenters. The van der Waals surface area contributed by atoms with E-state index in [1.165, 1.54) is 6.20 Å². The van der Waals surface area contributed by atoms with Crippen molar-refractivity contribution in [3.8, 4) is 0 Å². The van der Waals surface area contributed by atoms with E-state index >= 15 is 0 Å². The molecule has 0 spiro atoms. The maximum atomic E-state index is 11.2. The van der Waals surface area contributed by atoms with Crippen LogP contribution in [0.15, 0.2) is 12.3 Å². The van der Waals surface area contributed by atoms with E-state index in [-0.39, 0.29) is 11.1 Å². The van der Waals surface area contributed by atoms with Crippen molar-refractivity contribution in [2.75, 3.05) is 0 Å². The Morgan fingerprint density at radius 2 is 2.33 bits per heavy atom. The fourth-order valence-electron chi connectivity index (χ4n) is 1.10. The van der Waals surface area contributed by atoms with Crippen LogP contribution in [0, 0.1) is 0 Å². The number of fused-ring (bicyclic) bond motifs is 1. The van der Waals surface area contributed by atoms with Crippen LogP contribution in [0.2, 0.25) is 5.28 Å². The number of Topliss-reactive ketones (excluding diaryl/α,β-unsaturated/α-hetero) is 1. The zero-order valence-electron chi connectivity index (χ0n) is 6.12. The quantitative estimate of drug-likeness (QED) is 0.571. The molecule has 60 valence electrons. The predicted molar refractivity (Wildman–Crippen MR) is 45.0 cm³/mol. The van der Waals surface area contributed by atoms with Gasteiger partial charge in [0.05, 0.1) is 11.3 Å². The Morgan fingerprint density at radius 1 is 1.50 bits per heavy atom. The molecule has 0 bridgehead atoms. The van der Waals surface area contributed by atoms with Gasteiger partial charge < -0.3 is 0 Å². The number of ketones is 1. The highest BCUT2D eigenvalue weighted by Crippen LogP contribution is 2.17. The molecule has 0 N–H and O–H groups in total. The lowest BCUT2D eigenvalue weighted by Gasteiger charge is -2.06. The molecule has 0 atom stereocenters. The van der Waals surface area contributed by atoms with E-state index in [0.29, 0.717) is 17.7 Å². The van der Waals surface area contributed by atoms with Crippen molar-refractivity contribution in [3.63, 3.8) is 0 Å². The first-order valence-electron chi connectivity index (χ1n) is 3.49. The predicted octanol–water partition coefficient (Wildman–Crippen LogP) is 1.73. The minimum atomic E-state index is 0.0455. The molecule has 1 aromatic heterocycles. The van der Waals surface area contributed by atoms with Crippen molar-refractivity contribution >= 4 is 23.5 Å². The Hall–Kier alpha value is -1.22. The second-order valence-electron chi connectivity index (χ2n) is 2.47. The van der Waals surface area contributed by atoms with Crippen molar-refractivity contribution in [3.05, 3.63) is 28.8 Å². The van der Waals surface area contributed by atoms with Crippen LogP contribution in [0.1, 0.15) is 22.5 Å². The fraction of sp³-hybridized carbons (Fsp3) is 0.125. The lowest BCUT2D eigenvalue weighted by molar-refractivity contribution is 0.0993. The average molecular weight is 181 g/mol. The molecule has 1 heterocycles. The Balaban J connectivity index is 2.62. The normalized spacial score (nSPS) is 14.6. The zero-order valence-corrected chi connectivity index (χ0v) is 6.88. The number of rotatable bonds is 0. The van der Waals surface area contributed by atoms with E-state index in [2.05, 4.69) is 9.97 Å². The molecule has 1 aliphatic rings. The van der Waals surface area contributed by atoms with Crippen LogP contribution in [0.25, 0.3) is 6.08 Å². The summed E-state index contributed by atoms with van der Waals surface area (Å²) in [6.45, 7) is 0. The molecule has 0 aliphatic heterocycles. The number of allylic oxidation sites excluding steroid dienone is 1. The van der Waals surface area contributed by atoms with Crippen LogP contribution < -0.4 is 0 Å². The molecule has 0 radical (unpaired) electrons.